The molecule has 0 radical (unpaired) electrons. The minimum absolute atomic E-state index is 0.686. The highest BCUT2D eigenvalue weighted by Crippen LogP contribution is 2.35. The van der Waals surface area contributed by atoms with Gasteiger partial charge in [0.1, 0.15) is 0 Å². The molecule has 0 saturated heterocycles. The van der Waals surface area contributed by atoms with Crippen molar-refractivity contribution in [3.8, 4) is 0 Å². The van der Waals surface area contributed by atoms with Gasteiger partial charge in [0.2, 0.25) is 0 Å². The van der Waals surface area contributed by atoms with Gasteiger partial charge in [-0.25, -0.2) is 0 Å². The zero-order valence-corrected chi connectivity index (χ0v) is 11.6. The van der Waals surface area contributed by atoms with Gasteiger partial charge in [0.05, 0.1) is 5.03 Å². The highest BCUT2D eigenvalue weighted by Gasteiger charge is 2.27. The second-order valence-electron chi connectivity index (χ2n) is 4.97. The fourth-order valence-electron chi connectivity index (χ4n) is 2.84. The Balaban J connectivity index is 1.75. The summed E-state index contributed by atoms with van der Waals surface area (Å²) in [4.78, 5) is 3.52. The summed E-state index contributed by atoms with van der Waals surface area (Å²) in [7, 11) is 0. The van der Waals surface area contributed by atoms with Gasteiger partial charge in [0, 0.05) is 22.2 Å². The van der Waals surface area contributed by atoms with E-state index in [1.165, 1.54) is 35.2 Å². The van der Waals surface area contributed by atoms with Crippen molar-refractivity contribution >= 4 is 22.7 Å². The lowest BCUT2D eigenvalue weighted by Gasteiger charge is -2.18. The molecule has 1 fully saturated rings. The molecule has 1 heterocycles. The minimum Gasteiger partial charge on any atom is -0.350 e. The first-order valence-corrected chi connectivity index (χ1v) is 7.72. The Bertz CT molecular complexity index is 487. The van der Waals surface area contributed by atoms with Crippen molar-refractivity contribution in [3.63, 3.8) is 0 Å². The van der Waals surface area contributed by atoms with Crippen LogP contribution in [0.3, 0.4) is 0 Å². The first-order chi connectivity index (χ1) is 8.86. The smallest absolute Gasteiger partial charge is 0.0735 e. The predicted octanol–water partition coefficient (Wildman–Crippen LogP) is 3.79. The summed E-state index contributed by atoms with van der Waals surface area (Å²) in [6.45, 7) is 3.28. The molecule has 0 amide bonds. The fourth-order valence-corrected chi connectivity index (χ4v) is 4.21. The van der Waals surface area contributed by atoms with Crippen molar-refractivity contribution in [2.24, 2.45) is 0 Å². The Morgan fingerprint density at radius 3 is 3.06 bits per heavy atom. The monoisotopic (exact) mass is 260 g/mol. The van der Waals surface area contributed by atoms with Crippen LogP contribution in [-0.2, 0) is 0 Å². The van der Waals surface area contributed by atoms with E-state index in [0.29, 0.717) is 6.04 Å². The molecule has 1 aromatic carbocycles. The summed E-state index contributed by atoms with van der Waals surface area (Å²) in [6, 6.07) is 11.5. The van der Waals surface area contributed by atoms with Gasteiger partial charge in [-0.3, -0.25) is 0 Å². The minimum atomic E-state index is 0.686. The predicted molar refractivity (Wildman–Crippen MR) is 79.3 cm³/mol. The summed E-state index contributed by atoms with van der Waals surface area (Å²) in [5.41, 5.74) is 1.25. The third-order valence-electron chi connectivity index (χ3n) is 3.70. The molecule has 1 saturated carbocycles. The Kier molecular flexibility index (Phi) is 3.62. The van der Waals surface area contributed by atoms with Gasteiger partial charge in [-0.2, -0.15) is 0 Å². The number of rotatable bonds is 4. The van der Waals surface area contributed by atoms with Gasteiger partial charge < -0.3 is 10.3 Å². The van der Waals surface area contributed by atoms with Crippen molar-refractivity contribution in [3.05, 3.63) is 30.3 Å². The lowest BCUT2D eigenvalue weighted by Crippen LogP contribution is -2.33. The van der Waals surface area contributed by atoms with Crippen LogP contribution in [0.2, 0.25) is 0 Å². The SMILES string of the molecule is CCNC1CCCC1Sc1cc2ccccc2[nH]1. The first-order valence-electron chi connectivity index (χ1n) is 6.84. The maximum atomic E-state index is 3.61. The van der Waals surface area contributed by atoms with E-state index in [0.717, 1.165) is 11.8 Å². The number of thioether (sulfide) groups is 1. The Morgan fingerprint density at radius 2 is 2.22 bits per heavy atom. The van der Waals surface area contributed by atoms with Crippen molar-refractivity contribution in [2.45, 2.75) is 42.5 Å². The van der Waals surface area contributed by atoms with Crippen LogP contribution in [0.25, 0.3) is 10.9 Å². The zero-order valence-electron chi connectivity index (χ0n) is 10.8. The van der Waals surface area contributed by atoms with Crippen molar-refractivity contribution in [1.82, 2.24) is 10.3 Å². The van der Waals surface area contributed by atoms with Crippen LogP contribution in [0.4, 0.5) is 0 Å². The molecule has 2 atom stereocenters. The van der Waals surface area contributed by atoms with Crippen LogP contribution in [0.15, 0.2) is 35.4 Å². The van der Waals surface area contributed by atoms with Crippen molar-refractivity contribution < 1.29 is 0 Å². The number of aromatic amines is 1. The van der Waals surface area contributed by atoms with E-state index in [1.807, 2.05) is 11.8 Å². The molecule has 96 valence electrons. The number of hydrogen-bond donors (Lipinski definition) is 2. The van der Waals surface area contributed by atoms with E-state index < -0.39 is 0 Å². The number of fused-ring (bicyclic) bond motifs is 1. The van der Waals surface area contributed by atoms with E-state index in [-0.39, 0.29) is 0 Å². The van der Waals surface area contributed by atoms with E-state index in [2.05, 4.69) is 47.6 Å². The van der Waals surface area contributed by atoms with Gasteiger partial charge in [-0.15, -0.1) is 11.8 Å². The van der Waals surface area contributed by atoms with Crippen LogP contribution >= 0.6 is 11.8 Å². The van der Waals surface area contributed by atoms with Gasteiger partial charge in [-0.1, -0.05) is 31.5 Å². The average Bonchev–Trinajstić information content (AvgIpc) is 2.97. The molecule has 0 spiro atoms. The number of para-hydroxylation sites is 1. The highest BCUT2D eigenvalue weighted by atomic mass is 32.2. The summed E-state index contributed by atoms with van der Waals surface area (Å²) in [6.07, 6.45) is 4.01. The average molecular weight is 260 g/mol. The molecule has 2 N–H and O–H groups in total. The van der Waals surface area contributed by atoms with Crippen LogP contribution in [0.5, 0.6) is 0 Å². The molecule has 0 aliphatic heterocycles. The quantitative estimate of drug-likeness (QED) is 0.875. The van der Waals surface area contributed by atoms with Crippen LogP contribution in [-0.4, -0.2) is 22.8 Å². The second kappa shape index (κ2) is 5.37. The zero-order chi connectivity index (χ0) is 12.4. The normalized spacial score (nSPS) is 23.8. The molecule has 1 aromatic heterocycles. The molecule has 1 aliphatic rings. The van der Waals surface area contributed by atoms with E-state index in [4.69, 9.17) is 0 Å². The third-order valence-corrected chi connectivity index (χ3v) is 5.04. The van der Waals surface area contributed by atoms with Crippen LogP contribution < -0.4 is 5.32 Å². The highest BCUT2D eigenvalue weighted by molar-refractivity contribution is 8.00. The molecule has 2 aromatic rings. The van der Waals surface area contributed by atoms with E-state index in [1.54, 1.807) is 0 Å². The Hall–Kier alpha value is -0.930. The number of benzene rings is 1. The van der Waals surface area contributed by atoms with Gasteiger partial charge in [-0.05, 0) is 31.5 Å². The first kappa shape index (κ1) is 12.1. The molecule has 0 bridgehead atoms. The molecule has 2 unspecified atom stereocenters. The lowest BCUT2D eigenvalue weighted by molar-refractivity contribution is 0.550. The van der Waals surface area contributed by atoms with Crippen LogP contribution in [0.1, 0.15) is 26.2 Å². The lowest BCUT2D eigenvalue weighted by atomic mass is 10.2. The van der Waals surface area contributed by atoms with Gasteiger partial charge in [0.25, 0.3) is 0 Å². The van der Waals surface area contributed by atoms with E-state index in [9.17, 15) is 0 Å². The molecule has 1 aliphatic carbocycles. The molecule has 18 heavy (non-hydrogen) atoms. The van der Waals surface area contributed by atoms with Crippen molar-refractivity contribution in [2.75, 3.05) is 6.54 Å². The molecular formula is C15H20N2S. The maximum absolute atomic E-state index is 3.61. The van der Waals surface area contributed by atoms with Crippen LogP contribution in [0, 0.1) is 0 Å². The second-order valence-corrected chi connectivity index (χ2v) is 6.25. The number of nitrogens with one attached hydrogen (secondary N) is 2. The third kappa shape index (κ3) is 2.43. The maximum Gasteiger partial charge on any atom is 0.0735 e. The van der Waals surface area contributed by atoms with Gasteiger partial charge >= 0.3 is 0 Å². The van der Waals surface area contributed by atoms with Gasteiger partial charge in [0.15, 0.2) is 0 Å². The van der Waals surface area contributed by atoms with E-state index >= 15 is 0 Å². The summed E-state index contributed by atoms with van der Waals surface area (Å²) >= 11 is 2.01. The summed E-state index contributed by atoms with van der Waals surface area (Å²) in [5, 5.41) is 6.96. The summed E-state index contributed by atoms with van der Waals surface area (Å²) in [5.74, 6) is 0. The topological polar surface area (TPSA) is 27.8 Å². The Labute approximate surface area is 113 Å². The standard InChI is InChI=1S/C15H20N2S/c1-2-16-13-8-5-9-14(13)18-15-10-11-6-3-4-7-12(11)17-15/h3-4,6-7,10,13-14,16-17H,2,5,8-9H2,1H3. The number of aromatic nitrogens is 1. The molecular weight excluding hydrogens is 240 g/mol. The largest absolute Gasteiger partial charge is 0.350 e. The molecule has 3 rings (SSSR count). The number of H-pyrrole nitrogens is 1. The van der Waals surface area contributed by atoms with Crippen molar-refractivity contribution in [1.29, 1.82) is 0 Å². The summed E-state index contributed by atoms with van der Waals surface area (Å²) < 4.78 is 0. The Morgan fingerprint density at radius 1 is 1.33 bits per heavy atom. The fraction of sp³-hybridized carbons (Fsp3) is 0.467. The molecule has 3 heteroatoms. The number of hydrogen-bond acceptors (Lipinski definition) is 2. The molecule has 2 nitrogen and oxygen atoms in total.